The number of halogens is 2. The van der Waals surface area contributed by atoms with Crippen molar-refractivity contribution in [1.29, 1.82) is 0 Å². The normalized spacial score (nSPS) is 10.3. The Morgan fingerprint density at radius 1 is 1.42 bits per heavy atom. The van der Waals surface area contributed by atoms with Crippen LogP contribution < -0.4 is 5.32 Å². The quantitative estimate of drug-likeness (QED) is 0.849. The van der Waals surface area contributed by atoms with Gasteiger partial charge in [-0.3, -0.25) is 0 Å². The Labute approximate surface area is 123 Å². The van der Waals surface area contributed by atoms with Gasteiger partial charge in [0.2, 0.25) is 0 Å². The first-order chi connectivity index (χ1) is 9.10. The monoisotopic (exact) mass is 343 g/mol. The predicted molar refractivity (Wildman–Crippen MR) is 76.5 cm³/mol. The molecule has 19 heavy (non-hydrogen) atoms. The Hall–Kier alpha value is -1.46. The van der Waals surface area contributed by atoms with Gasteiger partial charge >= 0.3 is 5.97 Å². The standard InChI is InChI=1S/C13H11BrClNO3/c1-18-13(17)10-6-8(15)2-4-11(10)16-7-9-3-5-12(14)19-9/h2-6,16H,7H2,1H3. The van der Waals surface area contributed by atoms with E-state index in [9.17, 15) is 4.79 Å². The lowest BCUT2D eigenvalue weighted by Crippen LogP contribution is -2.08. The fourth-order valence-corrected chi connectivity index (χ4v) is 2.09. The van der Waals surface area contributed by atoms with Crippen molar-refractivity contribution < 1.29 is 13.9 Å². The summed E-state index contributed by atoms with van der Waals surface area (Å²) in [4.78, 5) is 11.7. The number of nitrogens with one attached hydrogen (secondary N) is 1. The van der Waals surface area contributed by atoms with Crippen molar-refractivity contribution in [3.05, 3.63) is 51.3 Å². The molecule has 0 radical (unpaired) electrons. The molecule has 100 valence electrons. The Morgan fingerprint density at radius 3 is 2.84 bits per heavy atom. The Morgan fingerprint density at radius 2 is 2.21 bits per heavy atom. The zero-order valence-corrected chi connectivity index (χ0v) is 12.4. The Bertz CT molecular complexity index is 597. The van der Waals surface area contributed by atoms with Crippen LogP contribution in [0.3, 0.4) is 0 Å². The number of esters is 1. The van der Waals surface area contributed by atoms with E-state index in [0.29, 0.717) is 27.5 Å². The van der Waals surface area contributed by atoms with Crippen molar-refractivity contribution >= 4 is 39.2 Å². The summed E-state index contributed by atoms with van der Waals surface area (Å²) in [5.74, 6) is 0.309. The van der Waals surface area contributed by atoms with E-state index < -0.39 is 5.97 Å². The minimum Gasteiger partial charge on any atom is -0.465 e. The number of carbonyl (C=O) groups excluding carboxylic acids is 1. The smallest absolute Gasteiger partial charge is 0.340 e. The summed E-state index contributed by atoms with van der Waals surface area (Å²) < 4.78 is 10.7. The van der Waals surface area contributed by atoms with E-state index in [1.165, 1.54) is 7.11 Å². The molecule has 0 spiro atoms. The predicted octanol–water partition coefficient (Wildman–Crippen LogP) is 4.09. The maximum Gasteiger partial charge on any atom is 0.340 e. The van der Waals surface area contributed by atoms with E-state index in [-0.39, 0.29) is 0 Å². The zero-order valence-electron chi connectivity index (χ0n) is 10.1. The van der Waals surface area contributed by atoms with Crippen molar-refractivity contribution in [3.8, 4) is 0 Å². The second kappa shape index (κ2) is 6.12. The minimum atomic E-state index is -0.439. The number of carbonyl (C=O) groups is 1. The number of benzene rings is 1. The molecular formula is C13H11BrClNO3. The molecule has 4 nitrogen and oxygen atoms in total. The lowest BCUT2D eigenvalue weighted by Gasteiger charge is -2.10. The number of rotatable bonds is 4. The molecular weight excluding hydrogens is 334 g/mol. The topological polar surface area (TPSA) is 51.5 Å². The number of methoxy groups -OCH3 is 1. The van der Waals surface area contributed by atoms with Crippen LogP contribution in [-0.2, 0) is 11.3 Å². The average Bonchev–Trinajstić information content (AvgIpc) is 2.82. The molecule has 0 aliphatic heterocycles. The van der Waals surface area contributed by atoms with Crippen LogP contribution in [-0.4, -0.2) is 13.1 Å². The van der Waals surface area contributed by atoms with Gasteiger partial charge in [-0.25, -0.2) is 4.79 Å². The highest BCUT2D eigenvalue weighted by molar-refractivity contribution is 9.10. The highest BCUT2D eigenvalue weighted by Crippen LogP contribution is 2.23. The Kier molecular flexibility index (Phi) is 4.50. The SMILES string of the molecule is COC(=O)c1cc(Cl)ccc1NCc1ccc(Br)o1. The number of furan rings is 1. The van der Waals surface area contributed by atoms with Crippen molar-refractivity contribution in [2.75, 3.05) is 12.4 Å². The van der Waals surface area contributed by atoms with Gasteiger partial charge in [-0.15, -0.1) is 0 Å². The second-order valence-corrected chi connectivity index (χ2v) is 4.96. The summed E-state index contributed by atoms with van der Waals surface area (Å²) in [5, 5.41) is 3.59. The van der Waals surface area contributed by atoms with Gasteiger partial charge < -0.3 is 14.5 Å². The third kappa shape index (κ3) is 3.52. The molecule has 0 saturated heterocycles. The maximum atomic E-state index is 11.7. The fourth-order valence-electron chi connectivity index (χ4n) is 1.58. The fraction of sp³-hybridized carbons (Fsp3) is 0.154. The van der Waals surface area contributed by atoms with E-state index in [1.54, 1.807) is 24.3 Å². The van der Waals surface area contributed by atoms with Crippen LogP contribution in [0.4, 0.5) is 5.69 Å². The van der Waals surface area contributed by atoms with Crippen LogP contribution in [0.15, 0.2) is 39.4 Å². The van der Waals surface area contributed by atoms with Gasteiger partial charge in [0.05, 0.1) is 19.2 Å². The van der Waals surface area contributed by atoms with Gasteiger partial charge in [0.1, 0.15) is 5.76 Å². The van der Waals surface area contributed by atoms with Gasteiger partial charge in [0.25, 0.3) is 0 Å². The number of hydrogen-bond acceptors (Lipinski definition) is 4. The molecule has 0 fully saturated rings. The largest absolute Gasteiger partial charge is 0.465 e. The maximum absolute atomic E-state index is 11.7. The first-order valence-electron chi connectivity index (χ1n) is 5.46. The van der Waals surface area contributed by atoms with Gasteiger partial charge in [-0.1, -0.05) is 11.6 Å². The lowest BCUT2D eigenvalue weighted by atomic mass is 10.1. The van der Waals surface area contributed by atoms with Crippen LogP contribution in [0.25, 0.3) is 0 Å². The van der Waals surface area contributed by atoms with Gasteiger partial charge in [0.15, 0.2) is 4.67 Å². The van der Waals surface area contributed by atoms with Gasteiger partial charge in [-0.05, 0) is 46.3 Å². The number of ether oxygens (including phenoxy) is 1. The van der Waals surface area contributed by atoms with Crippen molar-refractivity contribution in [2.24, 2.45) is 0 Å². The van der Waals surface area contributed by atoms with Crippen LogP contribution >= 0.6 is 27.5 Å². The molecule has 0 bridgehead atoms. The summed E-state index contributed by atoms with van der Waals surface area (Å²) >= 11 is 9.11. The van der Waals surface area contributed by atoms with E-state index in [1.807, 2.05) is 6.07 Å². The molecule has 0 aliphatic carbocycles. The average molecular weight is 345 g/mol. The van der Waals surface area contributed by atoms with Crippen molar-refractivity contribution in [1.82, 2.24) is 0 Å². The van der Waals surface area contributed by atoms with Crippen LogP contribution in [0.5, 0.6) is 0 Å². The lowest BCUT2D eigenvalue weighted by molar-refractivity contribution is 0.0602. The molecule has 1 aromatic carbocycles. The molecule has 6 heteroatoms. The van der Waals surface area contributed by atoms with E-state index in [4.69, 9.17) is 20.8 Å². The molecule has 1 aromatic heterocycles. The summed E-state index contributed by atoms with van der Waals surface area (Å²) in [6, 6.07) is 8.64. The molecule has 1 N–H and O–H groups in total. The molecule has 0 saturated carbocycles. The van der Waals surface area contributed by atoms with E-state index in [0.717, 1.165) is 5.76 Å². The number of hydrogen-bond donors (Lipinski definition) is 1. The second-order valence-electron chi connectivity index (χ2n) is 3.74. The number of anilines is 1. The first kappa shape index (κ1) is 14.0. The van der Waals surface area contributed by atoms with Gasteiger partial charge in [0, 0.05) is 10.7 Å². The molecule has 1 heterocycles. The zero-order chi connectivity index (χ0) is 13.8. The van der Waals surface area contributed by atoms with Crippen molar-refractivity contribution in [2.45, 2.75) is 6.54 Å². The van der Waals surface area contributed by atoms with Crippen LogP contribution in [0.2, 0.25) is 5.02 Å². The van der Waals surface area contributed by atoms with E-state index >= 15 is 0 Å². The summed E-state index contributed by atoms with van der Waals surface area (Å²) in [6.45, 7) is 0.456. The summed E-state index contributed by atoms with van der Waals surface area (Å²) in [5.41, 5.74) is 1.03. The highest BCUT2D eigenvalue weighted by Gasteiger charge is 2.12. The molecule has 2 rings (SSSR count). The third-order valence-corrected chi connectivity index (χ3v) is 3.13. The molecule has 0 unspecified atom stereocenters. The van der Waals surface area contributed by atoms with Crippen molar-refractivity contribution in [3.63, 3.8) is 0 Å². The summed E-state index contributed by atoms with van der Waals surface area (Å²) in [6.07, 6.45) is 0. The highest BCUT2D eigenvalue weighted by atomic mass is 79.9. The van der Waals surface area contributed by atoms with E-state index in [2.05, 4.69) is 21.2 Å². The first-order valence-corrected chi connectivity index (χ1v) is 6.63. The molecule has 0 atom stereocenters. The molecule has 2 aromatic rings. The molecule has 0 amide bonds. The van der Waals surface area contributed by atoms with Gasteiger partial charge in [-0.2, -0.15) is 0 Å². The van der Waals surface area contributed by atoms with Crippen LogP contribution in [0.1, 0.15) is 16.1 Å². The Balaban J connectivity index is 2.17. The molecule has 0 aliphatic rings. The summed E-state index contributed by atoms with van der Waals surface area (Å²) in [7, 11) is 1.33. The minimum absolute atomic E-state index is 0.389. The third-order valence-electron chi connectivity index (χ3n) is 2.47. The van der Waals surface area contributed by atoms with Crippen LogP contribution in [0, 0.1) is 0 Å².